The molecule has 2 aromatic carbocycles. The molecule has 1 N–H and O–H groups in total. The maximum Gasteiger partial charge on any atom is 0.325 e. The van der Waals surface area contributed by atoms with E-state index in [1.54, 1.807) is 24.3 Å². The molecule has 0 aliphatic carbocycles. The zero-order chi connectivity index (χ0) is 23.2. The molecule has 0 bridgehead atoms. The fraction of sp³-hybridized carbons (Fsp3) is 0.417. The molecule has 1 aliphatic heterocycles. The molecule has 2 aromatic rings. The molecule has 0 radical (unpaired) electrons. The molecule has 1 saturated heterocycles. The number of sulfone groups is 1. The molecule has 0 aromatic heterocycles. The van der Waals surface area contributed by atoms with Crippen molar-refractivity contribution in [1.29, 1.82) is 5.26 Å². The van der Waals surface area contributed by atoms with Crippen molar-refractivity contribution in [2.45, 2.75) is 48.8 Å². The first-order chi connectivity index (χ1) is 15.3. The van der Waals surface area contributed by atoms with Crippen LogP contribution in [0.25, 0.3) is 0 Å². The van der Waals surface area contributed by atoms with Crippen LogP contribution in [0.4, 0.5) is 0 Å². The third-order valence-corrected chi connectivity index (χ3v) is 8.46. The fourth-order valence-electron chi connectivity index (χ4n) is 3.89. The van der Waals surface area contributed by atoms with Gasteiger partial charge in [0.15, 0.2) is 14.6 Å². The summed E-state index contributed by atoms with van der Waals surface area (Å²) in [6.45, 7) is 3.88. The number of nitriles is 1. The van der Waals surface area contributed by atoms with Gasteiger partial charge in [-0.15, -0.1) is 0 Å². The van der Waals surface area contributed by atoms with Crippen LogP contribution in [0.15, 0.2) is 53.4 Å². The average Bonchev–Trinajstić information content (AvgIpc) is 2.80. The van der Waals surface area contributed by atoms with Gasteiger partial charge in [-0.3, -0.25) is 9.69 Å². The Hall–Kier alpha value is -2.89. The first-order valence-corrected chi connectivity index (χ1v) is 12.2. The van der Waals surface area contributed by atoms with E-state index in [2.05, 4.69) is 13.0 Å². The van der Waals surface area contributed by atoms with Crippen molar-refractivity contribution in [2.75, 3.05) is 19.7 Å². The molecule has 1 aliphatic rings. The standard InChI is InChI=1S/C24H28N2O5S/c1-2-3-16-31-21-8-10-22(11-9-21)32(29,30)24(23(27)28)12-14-26(15-13-24)18-20-6-4-19(17-25)5-7-20/h4-11H,2-3,12-16,18H2,1H3,(H,27,28). The Morgan fingerprint density at radius 3 is 2.28 bits per heavy atom. The molecule has 7 nitrogen and oxygen atoms in total. The lowest BCUT2D eigenvalue weighted by atomic mass is 9.95. The van der Waals surface area contributed by atoms with Crippen LogP contribution in [0.2, 0.25) is 0 Å². The quantitative estimate of drug-likeness (QED) is 0.574. The summed E-state index contributed by atoms with van der Waals surface area (Å²) in [5.74, 6) is -0.738. The summed E-state index contributed by atoms with van der Waals surface area (Å²) in [4.78, 5) is 14.3. The summed E-state index contributed by atoms with van der Waals surface area (Å²) in [7, 11) is -4.09. The number of carboxylic acids is 1. The molecule has 0 atom stereocenters. The summed E-state index contributed by atoms with van der Waals surface area (Å²) < 4.78 is 30.5. The van der Waals surface area contributed by atoms with E-state index in [0.717, 1.165) is 18.4 Å². The first kappa shape index (κ1) is 23.8. The van der Waals surface area contributed by atoms with Crippen LogP contribution < -0.4 is 4.74 Å². The molecule has 1 fully saturated rings. The molecule has 0 saturated carbocycles. The van der Waals surface area contributed by atoms with Crippen molar-refractivity contribution in [3.8, 4) is 11.8 Å². The molecule has 1 heterocycles. The molecular weight excluding hydrogens is 428 g/mol. The van der Waals surface area contributed by atoms with E-state index in [-0.39, 0.29) is 17.7 Å². The zero-order valence-electron chi connectivity index (χ0n) is 18.2. The van der Waals surface area contributed by atoms with Gasteiger partial charge in [-0.1, -0.05) is 25.5 Å². The predicted molar refractivity (Wildman–Crippen MR) is 120 cm³/mol. The van der Waals surface area contributed by atoms with Crippen LogP contribution >= 0.6 is 0 Å². The number of hydrogen-bond donors (Lipinski definition) is 1. The van der Waals surface area contributed by atoms with Gasteiger partial charge in [0.25, 0.3) is 0 Å². The summed E-state index contributed by atoms with van der Waals surface area (Å²) in [6, 6.07) is 15.3. The number of nitrogens with zero attached hydrogens (tertiary/aromatic N) is 2. The second kappa shape index (κ2) is 10.2. The maximum atomic E-state index is 13.4. The van der Waals surface area contributed by atoms with E-state index >= 15 is 0 Å². The molecule has 32 heavy (non-hydrogen) atoms. The number of carboxylic acid groups (broad SMARTS) is 1. The number of hydrogen-bond acceptors (Lipinski definition) is 6. The number of piperidine rings is 1. The number of likely N-dealkylation sites (tertiary alicyclic amines) is 1. The van der Waals surface area contributed by atoms with Gasteiger partial charge in [-0.05, 0) is 61.2 Å². The highest BCUT2D eigenvalue weighted by atomic mass is 32.2. The van der Waals surface area contributed by atoms with Crippen LogP contribution in [0.3, 0.4) is 0 Å². The topological polar surface area (TPSA) is 108 Å². The summed E-state index contributed by atoms with van der Waals surface area (Å²) in [5.41, 5.74) is 1.57. The van der Waals surface area contributed by atoms with Gasteiger partial charge in [-0.25, -0.2) is 8.42 Å². The van der Waals surface area contributed by atoms with Crippen molar-refractivity contribution in [2.24, 2.45) is 0 Å². The lowest BCUT2D eigenvalue weighted by Gasteiger charge is -2.38. The number of rotatable bonds is 9. The molecule has 0 spiro atoms. The Labute approximate surface area is 189 Å². The predicted octanol–water partition coefficient (Wildman–Crippen LogP) is 3.63. The normalized spacial score (nSPS) is 16.2. The van der Waals surface area contributed by atoms with Gasteiger partial charge in [0.2, 0.25) is 0 Å². The Morgan fingerprint density at radius 2 is 1.75 bits per heavy atom. The van der Waals surface area contributed by atoms with Crippen LogP contribution in [-0.2, 0) is 21.2 Å². The van der Waals surface area contributed by atoms with E-state index < -0.39 is 20.6 Å². The van der Waals surface area contributed by atoms with Crippen molar-refractivity contribution >= 4 is 15.8 Å². The zero-order valence-corrected chi connectivity index (χ0v) is 19.0. The van der Waals surface area contributed by atoms with Crippen molar-refractivity contribution in [1.82, 2.24) is 4.90 Å². The number of benzene rings is 2. The smallest absolute Gasteiger partial charge is 0.325 e. The Bertz CT molecular complexity index is 1060. The number of carbonyl (C=O) groups is 1. The van der Waals surface area contributed by atoms with E-state index in [9.17, 15) is 18.3 Å². The van der Waals surface area contributed by atoms with Crippen molar-refractivity contribution < 1.29 is 23.1 Å². The third-order valence-electron chi connectivity index (χ3n) is 5.96. The monoisotopic (exact) mass is 456 g/mol. The molecule has 0 amide bonds. The average molecular weight is 457 g/mol. The van der Waals surface area contributed by atoms with Crippen molar-refractivity contribution in [3.05, 3.63) is 59.7 Å². The lowest BCUT2D eigenvalue weighted by molar-refractivity contribution is -0.141. The van der Waals surface area contributed by atoms with E-state index in [1.807, 2.05) is 17.0 Å². The highest BCUT2D eigenvalue weighted by Gasteiger charge is 2.53. The minimum absolute atomic E-state index is 0.00304. The van der Waals surface area contributed by atoms with Crippen LogP contribution in [0.1, 0.15) is 43.7 Å². The van der Waals surface area contributed by atoms with E-state index in [1.165, 1.54) is 12.1 Å². The van der Waals surface area contributed by atoms with Crippen LogP contribution in [0.5, 0.6) is 5.75 Å². The number of aliphatic carboxylic acids is 1. The second-order valence-electron chi connectivity index (χ2n) is 8.06. The highest BCUT2D eigenvalue weighted by molar-refractivity contribution is 7.93. The maximum absolute atomic E-state index is 13.4. The SMILES string of the molecule is CCCCOc1ccc(S(=O)(=O)C2(C(=O)O)CCN(Cc3ccc(C#N)cc3)CC2)cc1. The Kier molecular flexibility index (Phi) is 7.54. The largest absolute Gasteiger partial charge is 0.494 e. The Morgan fingerprint density at radius 1 is 1.12 bits per heavy atom. The molecule has 0 unspecified atom stereocenters. The van der Waals surface area contributed by atoms with Gasteiger partial charge in [0.1, 0.15) is 5.75 Å². The summed E-state index contributed by atoms with van der Waals surface area (Å²) in [5, 5.41) is 18.9. The number of unbranched alkanes of at least 4 members (excludes halogenated alkanes) is 1. The summed E-state index contributed by atoms with van der Waals surface area (Å²) >= 11 is 0. The van der Waals surface area contributed by atoms with Crippen LogP contribution in [-0.4, -0.2) is 48.8 Å². The van der Waals surface area contributed by atoms with Gasteiger partial charge < -0.3 is 9.84 Å². The van der Waals surface area contributed by atoms with Crippen LogP contribution in [0, 0.1) is 11.3 Å². The second-order valence-corrected chi connectivity index (χ2v) is 10.3. The summed E-state index contributed by atoms with van der Waals surface area (Å²) in [6.07, 6.45) is 1.92. The highest BCUT2D eigenvalue weighted by Crippen LogP contribution is 2.37. The number of ether oxygens (including phenoxy) is 1. The lowest BCUT2D eigenvalue weighted by Crippen LogP contribution is -2.54. The van der Waals surface area contributed by atoms with E-state index in [4.69, 9.17) is 10.00 Å². The van der Waals surface area contributed by atoms with E-state index in [0.29, 0.717) is 37.6 Å². The first-order valence-electron chi connectivity index (χ1n) is 10.7. The molecule has 8 heteroatoms. The third kappa shape index (κ3) is 4.95. The fourth-order valence-corrected chi connectivity index (χ4v) is 5.78. The minimum Gasteiger partial charge on any atom is -0.494 e. The van der Waals surface area contributed by atoms with Crippen molar-refractivity contribution in [3.63, 3.8) is 0 Å². The molecular formula is C24H28N2O5S. The van der Waals surface area contributed by atoms with Gasteiger partial charge in [-0.2, -0.15) is 5.26 Å². The molecule has 170 valence electrons. The minimum atomic E-state index is -4.09. The van der Waals surface area contributed by atoms with Gasteiger partial charge in [0.05, 0.1) is 23.1 Å². The van der Waals surface area contributed by atoms with Gasteiger partial charge in [0, 0.05) is 19.6 Å². The Balaban J connectivity index is 1.72. The van der Waals surface area contributed by atoms with Gasteiger partial charge >= 0.3 is 5.97 Å². The molecule has 3 rings (SSSR count).